The molecule has 106 valence electrons. The highest BCUT2D eigenvalue weighted by atomic mass is 16.7. The number of benzene rings is 3. The third-order valence-electron chi connectivity index (χ3n) is 3.63. The van der Waals surface area contributed by atoms with Gasteiger partial charge in [0, 0.05) is 12.7 Å². The molecule has 0 N–H and O–H groups in total. The van der Waals surface area contributed by atoms with Crippen LogP contribution in [0.1, 0.15) is 5.56 Å². The predicted octanol–water partition coefficient (Wildman–Crippen LogP) is 4.80. The summed E-state index contributed by atoms with van der Waals surface area (Å²) >= 11 is 0. The first kappa shape index (κ1) is 13.7. The first-order valence-electron chi connectivity index (χ1n) is 7.01. The van der Waals surface area contributed by atoms with E-state index in [1.54, 1.807) is 7.11 Å². The van der Waals surface area contributed by atoms with Crippen molar-refractivity contribution in [1.29, 1.82) is 0 Å². The first-order valence-corrected chi connectivity index (χ1v) is 7.01. The van der Waals surface area contributed by atoms with Crippen LogP contribution in [0.15, 0.2) is 60.7 Å². The molecule has 0 atom stereocenters. The Hall–Kier alpha value is -2.32. The summed E-state index contributed by atoms with van der Waals surface area (Å²) in [6, 6.07) is 20.8. The molecule has 0 amide bonds. The Balaban J connectivity index is 2.23. The van der Waals surface area contributed by atoms with E-state index in [1.807, 2.05) is 18.2 Å². The van der Waals surface area contributed by atoms with E-state index in [9.17, 15) is 0 Å². The molecule has 2 nitrogen and oxygen atoms in total. The van der Waals surface area contributed by atoms with Crippen molar-refractivity contribution in [3.63, 3.8) is 0 Å². The van der Waals surface area contributed by atoms with Gasteiger partial charge in [-0.3, -0.25) is 0 Å². The standard InChI is InChI=1S/C19H18O2/c1-14-11-12-15-7-3-4-8-16(15)19(14)17-9-5-6-10-18(17)21-13-20-2/h3-12H,13H2,1-2H3. The predicted molar refractivity (Wildman–Crippen MR) is 86.6 cm³/mol. The topological polar surface area (TPSA) is 18.5 Å². The van der Waals surface area contributed by atoms with E-state index >= 15 is 0 Å². The molecule has 0 saturated carbocycles. The van der Waals surface area contributed by atoms with Crippen molar-refractivity contribution in [2.24, 2.45) is 0 Å². The molecule has 0 spiro atoms. The fraction of sp³-hybridized carbons (Fsp3) is 0.158. The van der Waals surface area contributed by atoms with Gasteiger partial charge in [0.25, 0.3) is 0 Å². The number of ether oxygens (including phenoxy) is 2. The van der Waals surface area contributed by atoms with E-state index in [2.05, 4.69) is 49.4 Å². The Labute approximate surface area is 124 Å². The van der Waals surface area contributed by atoms with Crippen LogP contribution in [-0.4, -0.2) is 13.9 Å². The minimum Gasteiger partial charge on any atom is -0.467 e. The van der Waals surface area contributed by atoms with E-state index < -0.39 is 0 Å². The lowest BCUT2D eigenvalue weighted by Crippen LogP contribution is -2.00. The summed E-state index contributed by atoms with van der Waals surface area (Å²) in [5.74, 6) is 0.846. The van der Waals surface area contributed by atoms with Gasteiger partial charge in [0.1, 0.15) is 5.75 Å². The average molecular weight is 278 g/mol. The van der Waals surface area contributed by atoms with Gasteiger partial charge in [-0.2, -0.15) is 0 Å². The monoisotopic (exact) mass is 278 g/mol. The molecule has 0 aliphatic carbocycles. The summed E-state index contributed by atoms with van der Waals surface area (Å²) < 4.78 is 10.8. The average Bonchev–Trinajstić information content (AvgIpc) is 2.53. The van der Waals surface area contributed by atoms with Gasteiger partial charge in [0.15, 0.2) is 6.79 Å². The zero-order chi connectivity index (χ0) is 14.7. The minimum absolute atomic E-state index is 0.251. The lowest BCUT2D eigenvalue weighted by Gasteiger charge is -2.15. The quantitative estimate of drug-likeness (QED) is 0.638. The molecule has 2 heteroatoms. The summed E-state index contributed by atoms with van der Waals surface area (Å²) in [5, 5.41) is 2.48. The maximum atomic E-state index is 5.72. The maximum Gasteiger partial charge on any atom is 0.188 e. The fourth-order valence-electron chi connectivity index (χ4n) is 2.66. The third kappa shape index (κ3) is 2.63. The second-order valence-electron chi connectivity index (χ2n) is 5.03. The molecule has 3 aromatic carbocycles. The molecule has 0 heterocycles. The van der Waals surface area contributed by atoms with Crippen LogP contribution in [0.5, 0.6) is 5.75 Å². The van der Waals surface area contributed by atoms with Gasteiger partial charge in [-0.05, 0) is 34.9 Å². The number of hydrogen-bond acceptors (Lipinski definition) is 2. The molecule has 3 rings (SSSR count). The second kappa shape index (κ2) is 5.98. The Bertz CT molecular complexity index is 762. The van der Waals surface area contributed by atoms with E-state index in [4.69, 9.17) is 9.47 Å². The fourth-order valence-corrected chi connectivity index (χ4v) is 2.66. The zero-order valence-electron chi connectivity index (χ0n) is 12.3. The maximum absolute atomic E-state index is 5.72. The first-order chi connectivity index (χ1) is 10.3. The third-order valence-corrected chi connectivity index (χ3v) is 3.63. The molecular formula is C19H18O2. The van der Waals surface area contributed by atoms with Gasteiger partial charge in [-0.25, -0.2) is 0 Å². The van der Waals surface area contributed by atoms with Crippen LogP contribution >= 0.6 is 0 Å². The van der Waals surface area contributed by atoms with Crippen LogP contribution in [0.4, 0.5) is 0 Å². The lowest BCUT2D eigenvalue weighted by atomic mass is 9.93. The van der Waals surface area contributed by atoms with E-state index in [0.717, 1.165) is 11.3 Å². The van der Waals surface area contributed by atoms with E-state index in [0.29, 0.717) is 0 Å². The summed E-state index contributed by atoms with van der Waals surface area (Å²) in [6.45, 7) is 2.38. The Morgan fingerprint density at radius 2 is 1.62 bits per heavy atom. The largest absolute Gasteiger partial charge is 0.467 e. The molecule has 0 unspecified atom stereocenters. The molecule has 0 aliphatic rings. The van der Waals surface area contributed by atoms with Gasteiger partial charge < -0.3 is 9.47 Å². The highest BCUT2D eigenvalue weighted by Gasteiger charge is 2.11. The van der Waals surface area contributed by atoms with Crippen LogP contribution < -0.4 is 4.74 Å². The van der Waals surface area contributed by atoms with Crippen LogP contribution in [0, 0.1) is 6.92 Å². The molecule has 0 radical (unpaired) electrons. The normalized spacial score (nSPS) is 10.8. The van der Waals surface area contributed by atoms with E-state index in [1.165, 1.54) is 21.9 Å². The molecule has 0 fully saturated rings. The molecule has 3 aromatic rings. The summed E-state index contributed by atoms with van der Waals surface area (Å²) in [6.07, 6.45) is 0. The van der Waals surface area contributed by atoms with Crippen LogP contribution in [0.25, 0.3) is 21.9 Å². The number of methoxy groups -OCH3 is 1. The number of fused-ring (bicyclic) bond motifs is 1. The van der Waals surface area contributed by atoms with Crippen LogP contribution in [-0.2, 0) is 4.74 Å². The zero-order valence-corrected chi connectivity index (χ0v) is 12.3. The molecular weight excluding hydrogens is 260 g/mol. The highest BCUT2D eigenvalue weighted by molar-refractivity contribution is 5.99. The summed E-state index contributed by atoms with van der Waals surface area (Å²) in [4.78, 5) is 0. The number of para-hydroxylation sites is 1. The summed E-state index contributed by atoms with van der Waals surface area (Å²) in [7, 11) is 1.63. The highest BCUT2D eigenvalue weighted by Crippen LogP contribution is 2.37. The van der Waals surface area contributed by atoms with Gasteiger partial charge in [0.05, 0.1) is 0 Å². The lowest BCUT2D eigenvalue weighted by molar-refractivity contribution is 0.0515. The van der Waals surface area contributed by atoms with Gasteiger partial charge in [-0.15, -0.1) is 0 Å². The Morgan fingerprint density at radius 3 is 2.48 bits per heavy atom. The van der Waals surface area contributed by atoms with Crippen LogP contribution in [0.2, 0.25) is 0 Å². The van der Waals surface area contributed by atoms with Crippen molar-refractivity contribution in [2.45, 2.75) is 6.92 Å². The number of aryl methyl sites for hydroxylation is 1. The minimum atomic E-state index is 0.251. The Morgan fingerprint density at radius 1 is 0.857 bits per heavy atom. The van der Waals surface area contributed by atoms with E-state index in [-0.39, 0.29) is 6.79 Å². The number of hydrogen-bond donors (Lipinski definition) is 0. The van der Waals surface area contributed by atoms with Gasteiger partial charge in [-0.1, -0.05) is 54.6 Å². The molecule has 0 aliphatic heterocycles. The van der Waals surface area contributed by atoms with Crippen molar-refractivity contribution >= 4 is 10.8 Å². The van der Waals surface area contributed by atoms with Gasteiger partial charge in [0.2, 0.25) is 0 Å². The van der Waals surface area contributed by atoms with Crippen molar-refractivity contribution in [3.8, 4) is 16.9 Å². The smallest absolute Gasteiger partial charge is 0.188 e. The van der Waals surface area contributed by atoms with Crippen molar-refractivity contribution < 1.29 is 9.47 Å². The van der Waals surface area contributed by atoms with Crippen molar-refractivity contribution in [1.82, 2.24) is 0 Å². The number of rotatable bonds is 4. The van der Waals surface area contributed by atoms with Crippen molar-refractivity contribution in [3.05, 3.63) is 66.2 Å². The molecule has 0 saturated heterocycles. The molecule has 0 aromatic heterocycles. The van der Waals surface area contributed by atoms with Crippen LogP contribution in [0.3, 0.4) is 0 Å². The molecule has 21 heavy (non-hydrogen) atoms. The van der Waals surface area contributed by atoms with Crippen molar-refractivity contribution in [2.75, 3.05) is 13.9 Å². The SMILES string of the molecule is COCOc1ccccc1-c1c(C)ccc2ccccc12. The summed E-state index contributed by atoms with van der Waals surface area (Å²) in [5.41, 5.74) is 3.56. The Kier molecular flexibility index (Phi) is 3.89. The van der Waals surface area contributed by atoms with Gasteiger partial charge >= 0.3 is 0 Å². The second-order valence-corrected chi connectivity index (χ2v) is 5.03. The molecule has 0 bridgehead atoms.